The Bertz CT molecular complexity index is 409. The zero-order valence-corrected chi connectivity index (χ0v) is 12.6. The third-order valence-corrected chi connectivity index (χ3v) is 5.23. The van der Waals surface area contributed by atoms with Crippen molar-refractivity contribution >= 4 is 11.8 Å². The summed E-state index contributed by atoms with van der Waals surface area (Å²) in [4.78, 5) is 26.1. The Kier molecular flexibility index (Phi) is 4.18. The first kappa shape index (κ1) is 14.8. The van der Waals surface area contributed by atoms with E-state index in [4.69, 9.17) is 0 Å². The topological polar surface area (TPSA) is 49.4 Å². The Balaban J connectivity index is 1.48. The summed E-state index contributed by atoms with van der Waals surface area (Å²) in [6, 6.07) is 0. The molecule has 0 aromatic rings. The van der Waals surface area contributed by atoms with Crippen molar-refractivity contribution < 1.29 is 14.0 Å². The number of piperidine rings is 1. The summed E-state index contributed by atoms with van der Waals surface area (Å²) < 4.78 is 14.7. The molecule has 0 spiro atoms. The minimum Gasteiger partial charge on any atom is -0.353 e. The first-order valence-electron chi connectivity index (χ1n) is 8.34. The van der Waals surface area contributed by atoms with Gasteiger partial charge in [0, 0.05) is 38.4 Å². The summed E-state index contributed by atoms with van der Waals surface area (Å²) in [5.74, 6) is 0.401. The molecule has 1 saturated heterocycles. The van der Waals surface area contributed by atoms with Crippen molar-refractivity contribution in [2.75, 3.05) is 19.6 Å². The quantitative estimate of drug-likeness (QED) is 0.863. The van der Waals surface area contributed by atoms with Crippen molar-refractivity contribution in [2.24, 2.45) is 11.8 Å². The molecule has 0 aromatic heterocycles. The zero-order valence-electron chi connectivity index (χ0n) is 12.6. The molecule has 2 amide bonds. The molecule has 1 aliphatic heterocycles. The predicted octanol–water partition coefficient (Wildman–Crippen LogP) is 2.03. The van der Waals surface area contributed by atoms with E-state index >= 15 is 0 Å². The van der Waals surface area contributed by atoms with Crippen LogP contribution < -0.4 is 5.32 Å². The number of rotatable bonds is 4. The predicted molar refractivity (Wildman–Crippen MR) is 77.3 cm³/mol. The van der Waals surface area contributed by atoms with Gasteiger partial charge in [0.2, 0.25) is 5.91 Å². The lowest BCUT2D eigenvalue weighted by Gasteiger charge is -2.36. The van der Waals surface area contributed by atoms with Crippen LogP contribution >= 0.6 is 0 Å². The van der Waals surface area contributed by atoms with Gasteiger partial charge in [0.05, 0.1) is 0 Å². The molecule has 2 aliphatic carbocycles. The molecule has 1 heterocycles. The van der Waals surface area contributed by atoms with Crippen molar-refractivity contribution in [3.63, 3.8) is 0 Å². The van der Waals surface area contributed by atoms with Crippen molar-refractivity contribution in [1.29, 1.82) is 0 Å². The highest BCUT2D eigenvalue weighted by Gasteiger charge is 2.43. The van der Waals surface area contributed by atoms with Crippen LogP contribution in [0.1, 0.15) is 51.4 Å². The van der Waals surface area contributed by atoms with Crippen LogP contribution in [0.5, 0.6) is 0 Å². The average Bonchev–Trinajstić information content (AvgIpc) is 3.16. The van der Waals surface area contributed by atoms with Gasteiger partial charge >= 0.3 is 0 Å². The molecule has 21 heavy (non-hydrogen) atoms. The van der Waals surface area contributed by atoms with Gasteiger partial charge in [0.15, 0.2) is 5.67 Å². The smallest absolute Gasteiger partial charge is 0.257 e. The van der Waals surface area contributed by atoms with E-state index in [1.807, 2.05) is 0 Å². The number of amides is 2. The largest absolute Gasteiger partial charge is 0.353 e. The molecule has 3 rings (SSSR count). The third-order valence-electron chi connectivity index (χ3n) is 5.23. The van der Waals surface area contributed by atoms with E-state index in [9.17, 15) is 14.0 Å². The summed E-state index contributed by atoms with van der Waals surface area (Å²) >= 11 is 0. The van der Waals surface area contributed by atoms with Gasteiger partial charge in [0.25, 0.3) is 5.91 Å². The van der Waals surface area contributed by atoms with Gasteiger partial charge in [-0.05, 0) is 31.6 Å². The molecule has 0 unspecified atom stereocenters. The van der Waals surface area contributed by atoms with E-state index in [0.717, 1.165) is 38.5 Å². The summed E-state index contributed by atoms with van der Waals surface area (Å²) in [6.07, 6.45) is 6.76. The summed E-state index contributed by atoms with van der Waals surface area (Å²) in [5, 5.41) is 2.74. The first-order valence-corrected chi connectivity index (χ1v) is 8.34. The van der Waals surface area contributed by atoms with Crippen LogP contribution in [0.2, 0.25) is 0 Å². The lowest BCUT2D eigenvalue weighted by atomic mass is 9.91. The number of alkyl halides is 1. The van der Waals surface area contributed by atoms with Crippen LogP contribution in [0.25, 0.3) is 0 Å². The molecule has 1 N–H and O–H groups in total. The Morgan fingerprint density at radius 3 is 2.29 bits per heavy atom. The molecule has 0 atom stereocenters. The number of nitrogens with one attached hydrogen (secondary N) is 1. The second-order valence-corrected chi connectivity index (χ2v) is 6.93. The van der Waals surface area contributed by atoms with Crippen LogP contribution in [0.3, 0.4) is 0 Å². The minimum atomic E-state index is -1.78. The van der Waals surface area contributed by atoms with Gasteiger partial charge in [-0.1, -0.05) is 12.8 Å². The molecule has 118 valence electrons. The van der Waals surface area contributed by atoms with Crippen LogP contribution in [0, 0.1) is 11.8 Å². The van der Waals surface area contributed by atoms with Crippen molar-refractivity contribution in [2.45, 2.75) is 57.0 Å². The lowest BCUT2D eigenvalue weighted by Crippen LogP contribution is -2.53. The van der Waals surface area contributed by atoms with Crippen LogP contribution in [-0.4, -0.2) is 42.0 Å². The van der Waals surface area contributed by atoms with Gasteiger partial charge in [0.1, 0.15) is 0 Å². The third kappa shape index (κ3) is 3.38. The standard InChI is InChI=1S/C16H25FN2O2/c17-16(15(21)18-11-12-5-6-12)7-9-19(10-8-16)14(20)13-3-1-2-4-13/h12-13H,1-11H2,(H,18,21). The monoisotopic (exact) mass is 296 g/mol. The number of hydrogen-bond donors (Lipinski definition) is 1. The minimum absolute atomic E-state index is 0.140. The van der Waals surface area contributed by atoms with Gasteiger partial charge in [-0.25, -0.2) is 4.39 Å². The molecule has 0 radical (unpaired) electrons. The highest BCUT2D eigenvalue weighted by molar-refractivity contribution is 5.86. The molecule has 0 bridgehead atoms. The second kappa shape index (κ2) is 5.93. The fourth-order valence-corrected chi connectivity index (χ4v) is 3.46. The maximum atomic E-state index is 14.7. The number of carbonyl (C=O) groups excluding carboxylic acids is 2. The Labute approximate surface area is 125 Å². The highest BCUT2D eigenvalue weighted by atomic mass is 19.1. The van der Waals surface area contributed by atoms with Gasteiger partial charge in [-0.2, -0.15) is 0 Å². The van der Waals surface area contributed by atoms with Crippen molar-refractivity contribution in [3.8, 4) is 0 Å². The molecule has 2 saturated carbocycles. The van der Waals surface area contributed by atoms with Crippen molar-refractivity contribution in [1.82, 2.24) is 10.2 Å². The van der Waals surface area contributed by atoms with E-state index in [1.165, 1.54) is 0 Å². The highest BCUT2D eigenvalue weighted by Crippen LogP contribution is 2.32. The fraction of sp³-hybridized carbons (Fsp3) is 0.875. The van der Waals surface area contributed by atoms with Crippen LogP contribution in [0.15, 0.2) is 0 Å². The Morgan fingerprint density at radius 2 is 1.71 bits per heavy atom. The molecule has 3 aliphatic rings. The maximum absolute atomic E-state index is 14.7. The Morgan fingerprint density at radius 1 is 1.10 bits per heavy atom. The van der Waals surface area contributed by atoms with E-state index in [2.05, 4.69) is 5.32 Å². The number of carbonyl (C=O) groups is 2. The SMILES string of the molecule is O=C(C1CCCC1)N1CCC(F)(C(=O)NCC2CC2)CC1. The zero-order chi connectivity index (χ0) is 14.9. The number of nitrogens with zero attached hydrogens (tertiary/aromatic N) is 1. The van der Waals surface area contributed by atoms with E-state index in [1.54, 1.807) is 4.90 Å². The van der Waals surface area contributed by atoms with Gasteiger partial charge < -0.3 is 10.2 Å². The summed E-state index contributed by atoms with van der Waals surface area (Å²) in [6.45, 7) is 1.36. The fourth-order valence-electron chi connectivity index (χ4n) is 3.46. The maximum Gasteiger partial charge on any atom is 0.257 e. The Hall–Kier alpha value is -1.13. The molecular weight excluding hydrogens is 271 g/mol. The normalized spacial score (nSPS) is 25.9. The number of halogens is 1. The van der Waals surface area contributed by atoms with Gasteiger partial charge in [-0.15, -0.1) is 0 Å². The molecular formula is C16H25FN2O2. The summed E-state index contributed by atoms with van der Waals surface area (Å²) in [5.41, 5.74) is -1.78. The van der Waals surface area contributed by atoms with E-state index in [0.29, 0.717) is 25.6 Å². The molecule has 3 fully saturated rings. The van der Waals surface area contributed by atoms with Crippen molar-refractivity contribution in [3.05, 3.63) is 0 Å². The lowest BCUT2D eigenvalue weighted by molar-refractivity contribution is -0.144. The van der Waals surface area contributed by atoms with E-state index < -0.39 is 11.6 Å². The first-order chi connectivity index (χ1) is 10.1. The van der Waals surface area contributed by atoms with Crippen LogP contribution in [-0.2, 0) is 9.59 Å². The molecule has 5 heteroatoms. The average molecular weight is 296 g/mol. The van der Waals surface area contributed by atoms with E-state index in [-0.39, 0.29) is 24.7 Å². The molecule has 4 nitrogen and oxygen atoms in total. The number of likely N-dealkylation sites (tertiary alicyclic amines) is 1. The van der Waals surface area contributed by atoms with Gasteiger partial charge in [-0.3, -0.25) is 9.59 Å². The van der Waals surface area contributed by atoms with Crippen LogP contribution in [0.4, 0.5) is 4.39 Å². The second-order valence-electron chi connectivity index (χ2n) is 6.93. The summed E-state index contributed by atoms with van der Waals surface area (Å²) in [7, 11) is 0. The number of hydrogen-bond acceptors (Lipinski definition) is 2. The molecule has 0 aromatic carbocycles.